The molecule has 0 saturated carbocycles. The molecule has 0 spiro atoms. The number of hydrogen-bond acceptors (Lipinski definition) is 2. The van der Waals surface area contributed by atoms with Gasteiger partial charge in [0.15, 0.2) is 0 Å². The molecule has 0 N–H and O–H groups in total. The van der Waals surface area contributed by atoms with Crippen LogP contribution in [-0.4, -0.2) is 5.71 Å². The Morgan fingerprint density at radius 3 is 2.12 bits per heavy atom. The van der Waals surface area contributed by atoms with Gasteiger partial charge in [0, 0.05) is 20.9 Å². The Hall–Kier alpha value is -1.81. The Balaban J connectivity index is 1.77. The number of rotatable bonds is 3. The fraction of sp³-hybridized carbons (Fsp3) is 0.0952. The van der Waals surface area contributed by atoms with Gasteiger partial charge in [0.2, 0.25) is 0 Å². The van der Waals surface area contributed by atoms with Crippen molar-refractivity contribution in [2.45, 2.75) is 12.5 Å². The zero-order chi connectivity index (χ0) is 18.1. The number of hydrazone groups is 1. The van der Waals surface area contributed by atoms with Gasteiger partial charge in [0.1, 0.15) is 0 Å². The van der Waals surface area contributed by atoms with Gasteiger partial charge in [0.25, 0.3) is 0 Å². The van der Waals surface area contributed by atoms with Crippen molar-refractivity contribution >= 4 is 50.5 Å². The number of hydrogen-bond donors (Lipinski definition) is 0. The zero-order valence-corrected chi connectivity index (χ0v) is 16.8. The van der Waals surface area contributed by atoms with E-state index in [0.717, 1.165) is 37.9 Å². The van der Waals surface area contributed by atoms with Gasteiger partial charge in [-0.15, -0.1) is 0 Å². The van der Waals surface area contributed by atoms with Gasteiger partial charge in [-0.2, -0.15) is 5.10 Å². The molecule has 0 aromatic heterocycles. The molecule has 0 radical (unpaired) electrons. The van der Waals surface area contributed by atoms with Crippen LogP contribution in [-0.2, 0) is 0 Å². The van der Waals surface area contributed by atoms with E-state index in [1.54, 1.807) is 0 Å². The van der Waals surface area contributed by atoms with Crippen molar-refractivity contribution in [3.8, 4) is 0 Å². The van der Waals surface area contributed by atoms with Crippen molar-refractivity contribution in [2.24, 2.45) is 5.10 Å². The second-order valence-corrected chi connectivity index (χ2v) is 7.85. The smallest absolute Gasteiger partial charge is 0.0832 e. The van der Waals surface area contributed by atoms with Crippen molar-refractivity contribution in [1.82, 2.24) is 0 Å². The van der Waals surface area contributed by atoms with Gasteiger partial charge in [-0.3, -0.25) is 5.01 Å². The lowest BCUT2D eigenvalue weighted by Crippen LogP contribution is -2.18. The molecule has 4 rings (SSSR count). The summed E-state index contributed by atoms with van der Waals surface area (Å²) in [5.41, 5.74) is 4.34. The minimum absolute atomic E-state index is 0.108. The first-order valence-electron chi connectivity index (χ1n) is 8.24. The third kappa shape index (κ3) is 3.52. The summed E-state index contributed by atoms with van der Waals surface area (Å²) in [5.74, 6) is 0. The largest absolute Gasteiger partial charge is 0.256 e. The number of nitrogens with zero attached hydrogens (tertiary/aromatic N) is 2. The first-order chi connectivity index (χ1) is 12.6. The normalized spacial score (nSPS) is 16.7. The monoisotopic (exact) mass is 444 g/mol. The van der Waals surface area contributed by atoms with Crippen molar-refractivity contribution < 1.29 is 0 Å². The molecule has 3 aromatic carbocycles. The molecule has 1 unspecified atom stereocenters. The average Bonchev–Trinajstić information content (AvgIpc) is 3.08. The first kappa shape index (κ1) is 17.6. The van der Waals surface area contributed by atoms with Gasteiger partial charge in [-0.1, -0.05) is 59.6 Å². The molecule has 1 heterocycles. The first-order valence-corrected chi connectivity index (χ1v) is 9.79. The van der Waals surface area contributed by atoms with E-state index in [0.29, 0.717) is 0 Å². The van der Waals surface area contributed by atoms with Crippen LogP contribution in [0, 0.1) is 0 Å². The third-order valence-electron chi connectivity index (χ3n) is 4.44. The number of halogens is 3. The fourth-order valence-electron chi connectivity index (χ4n) is 3.13. The molecule has 1 aliphatic heterocycles. The Morgan fingerprint density at radius 2 is 1.46 bits per heavy atom. The molecule has 0 aliphatic carbocycles. The topological polar surface area (TPSA) is 15.6 Å². The predicted octanol–water partition coefficient (Wildman–Crippen LogP) is 7.11. The summed E-state index contributed by atoms with van der Waals surface area (Å²) in [4.78, 5) is 0. The summed E-state index contributed by atoms with van der Waals surface area (Å²) in [5, 5.41) is 8.48. The molecule has 5 heteroatoms. The molecule has 130 valence electrons. The molecule has 3 aromatic rings. The lowest BCUT2D eigenvalue weighted by molar-refractivity contribution is 0.707. The number of para-hydroxylation sites is 1. The van der Waals surface area contributed by atoms with E-state index in [1.807, 2.05) is 54.6 Å². The molecular formula is C21H15BrCl2N2. The number of benzene rings is 3. The van der Waals surface area contributed by atoms with Gasteiger partial charge in [-0.05, 0) is 63.5 Å². The highest BCUT2D eigenvalue weighted by atomic mass is 79.9. The zero-order valence-electron chi connectivity index (χ0n) is 13.7. The predicted molar refractivity (Wildman–Crippen MR) is 113 cm³/mol. The van der Waals surface area contributed by atoms with Crippen LogP contribution in [0.25, 0.3) is 0 Å². The van der Waals surface area contributed by atoms with E-state index in [9.17, 15) is 0 Å². The van der Waals surface area contributed by atoms with Crippen molar-refractivity contribution in [3.05, 3.63) is 98.4 Å². The summed E-state index contributed by atoms with van der Waals surface area (Å²) in [7, 11) is 0. The van der Waals surface area contributed by atoms with E-state index < -0.39 is 0 Å². The van der Waals surface area contributed by atoms with Crippen LogP contribution >= 0.6 is 39.1 Å². The van der Waals surface area contributed by atoms with Crippen LogP contribution in [0.2, 0.25) is 10.0 Å². The van der Waals surface area contributed by atoms with Gasteiger partial charge in [-0.25, -0.2) is 0 Å². The molecule has 0 amide bonds. The lowest BCUT2D eigenvalue weighted by atomic mass is 9.98. The molecule has 0 saturated heterocycles. The highest BCUT2D eigenvalue weighted by molar-refractivity contribution is 9.10. The summed E-state index contributed by atoms with van der Waals surface area (Å²) < 4.78 is 1.01. The van der Waals surface area contributed by atoms with E-state index in [-0.39, 0.29) is 6.04 Å². The lowest BCUT2D eigenvalue weighted by Gasteiger charge is -2.25. The molecule has 1 aliphatic rings. The van der Waals surface area contributed by atoms with Crippen LogP contribution in [0.5, 0.6) is 0 Å². The van der Waals surface area contributed by atoms with Crippen LogP contribution < -0.4 is 5.01 Å². The van der Waals surface area contributed by atoms with Crippen molar-refractivity contribution in [3.63, 3.8) is 0 Å². The SMILES string of the molecule is Clc1ccc(C2=NN(c3ccccc3Br)C(c3ccc(Cl)cc3)C2)cc1. The maximum Gasteiger partial charge on any atom is 0.0832 e. The van der Waals surface area contributed by atoms with Crippen LogP contribution in [0.3, 0.4) is 0 Å². The second-order valence-electron chi connectivity index (χ2n) is 6.12. The number of anilines is 1. The Labute approximate surface area is 171 Å². The quantitative estimate of drug-likeness (QED) is 0.419. The Kier molecular flexibility index (Phi) is 5.03. The highest BCUT2D eigenvalue weighted by Gasteiger charge is 2.30. The molecule has 0 bridgehead atoms. The fourth-order valence-corrected chi connectivity index (χ4v) is 3.85. The minimum atomic E-state index is 0.108. The Bertz CT molecular complexity index is 953. The van der Waals surface area contributed by atoms with Gasteiger partial charge in [0.05, 0.1) is 17.4 Å². The molecule has 1 atom stereocenters. The van der Waals surface area contributed by atoms with Crippen LogP contribution in [0.1, 0.15) is 23.6 Å². The van der Waals surface area contributed by atoms with Crippen molar-refractivity contribution in [2.75, 3.05) is 5.01 Å². The van der Waals surface area contributed by atoms with Crippen LogP contribution in [0.4, 0.5) is 5.69 Å². The van der Waals surface area contributed by atoms with E-state index in [1.165, 1.54) is 5.56 Å². The maximum atomic E-state index is 6.07. The van der Waals surface area contributed by atoms with E-state index in [4.69, 9.17) is 28.3 Å². The summed E-state index contributed by atoms with van der Waals surface area (Å²) in [6, 6.07) is 24.1. The van der Waals surface area contributed by atoms with E-state index in [2.05, 4.69) is 39.1 Å². The van der Waals surface area contributed by atoms with Crippen molar-refractivity contribution in [1.29, 1.82) is 0 Å². The average molecular weight is 446 g/mol. The molecule has 2 nitrogen and oxygen atoms in total. The summed E-state index contributed by atoms with van der Waals surface area (Å²) >= 11 is 15.8. The van der Waals surface area contributed by atoms with Gasteiger partial charge < -0.3 is 0 Å². The Morgan fingerprint density at radius 1 is 0.846 bits per heavy atom. The van der Waals surface area contributed by atoms with E-state index >= 15 is 0 Å². The second kappa shape index (κ2) is 7.43. The van der Waals surface area contributed by atoms with Crippen LogP contribution in [0.15, 0.2) is 82.4 Å². The summed E-state index contributed by atoms with van der Waals surface area (Å²) in [6.45, 7) is 0. The minimum Gasteiger partial charge on any atom is -0.256 e. The third-order valence-corrected chi connectivity index (χ3v) is 5.62. The standard InChI is InChI=1S/C21H15BrCl2N2/c22-18-3-1-2-4-20(18)26-21(15-7-11-17(24)12-8-15)13-19(25-26)14-5-9-16(23)10-6-14/h1-12,21H,13H2. The van der Waals surface area contributed by atoms with Gasteiger partial charge >= 0.3 is 0 Å². The summed E-state index contributed by atoms with van der Waals surface area (Å²) in [6.07, 6.45) is 0.810. The maximum absolute atomic E-state index is 6.07. The molecular weight excluding hydrogens is 431 g/mol. The highest BCUT2D eigenvalue weighted by Crippen LogP contribution is 2.40. The molecule has 26 heavy (non-hydrogen) atoms. The molecule has 0 fully saturated rings.